The van der Waals surface area contributed by atoms with Crippen LogP contribution in [0.2, 0.25) is 0 Å². The number of methoxy groups -OCH3 is 1. The number of nitrogens with one attached hydrogen (secondary N) is 1. The van der Waals surface area contributed by atoms with E-state index in [9.17, 15) is 14.4 Å². The number of nitrogen functional groups attached to an aromatic ring is 1. The zero-order chi connectivity index (χ0) is 27.2. The highest BCUT2D eigenvalue weighted by molar-refractivity contribution is 14.1. The molecular weight excluding hydrogens is 647 g/mol. The maximum absolute atomic E-state index is 13.2. The Hall–Kier alpha value is -3.18. The van der Waals surface area contributed by atoms with Crippen LogP contribution in [0.5, 0.6) is 5.75 Å². The molecule has 2 amide bonds. The second-order valence-corrected chi connectivity index (χ2v) is 10.6. The summed E-state index contributed by atoms with van der Waals surface area (Å²) in [5.41, 5.74) is 7.01. The predicted octanol–water partition coefficient (Wildman–Crippen LogP) is 1.87. The van der Waals surface area contributed by atoms with E-state index in [0.717, 1.165) is 21.5 Å². The molecule has 0 radical (unpaired) electrons. The first-order valence-corrected chi connectivity index (χ1v) is 14.4. The van der Waals surface area contributed by atoms with E-state index in [-0.39, 0.29) is 29.0 Å². The van der Waals surface area contributed by atoms with Crippen molar-refractivity contribution in [3.63, 3.8) is 0 Å². The number of amides is 2. The van der Waals surface area contributed by atoms with Gasteiger partial charge in [-0.25, -0.2) is 4.79 Å². The molecule has 0 unspecified atom stereocenters. The Morgan fingerprint density at radius 2 is 2.08 bits per heavy atom. The molecule has 0 aliphatic carbocycles. The highest BCUT2D eigenvalue weighted by Gasteiger charge is 2.54. The minimum atomic E-state index is -0.898. The lowest BCUT2D eigenvalue weighted by molar-refractivity contribution is -0.153. The van der Waals surface area contributed by atoms with Gasteiger partial charge in [-0.15, -0.1) is 11.8 Å². The van der Waals surface area contributed by atoms with E-state index in [1.807, 2.05) is 12.2 Å². The van der Waals surface area contributed by atoms with Crippen LogP contribution in [-0.2, 0) is 30.6 Å². The molecule has 0 bridgehead atoms. The van der Waals surface area contributed by atoms with E-state index in [4.69, 9.17) is 20.0 Å². The van der Waals surface area contributed by atoms with Gasteiger partial charge in [-0.2, -0.15) is 9.36 Å². The third kappa shape index (κ3) is 5.94. The van der Waals surface area contributed by atoms with Crippen LogP contribution in [-0.4, -0.2) is 73.6 Å². The molecule has 2 aliphatic rings. The van der Waals surface area contributed by atoms with Crippen LogP contribution in [0.15, 0.2) is 52.8 Å². The molecule has 2 atom stereocenters. The van der Waals surface area contributed by atoms with E-state index < -0.39 is 29.2 Å². The molecule has 1 saturated heterocycles. The average molecular weight is 671 g/mol. The van der Waals surface area contributed by atoms with Crippen LogP contribution >= 0.6 is 45.9 Å². The third-order valence-electron chi connectivity index (χ3n) is 5.47. The van der Waals surface area contributed by atoms with E-state index in [1.54, 1.807) is 31.4 Å². The first kappa shape index (κ1) is 27.8. The van der Waals surface area contributed by atoms with Crippen LogP contribution in [0.3, 0.4) is 0 Å². The Bertz CT molecular complexity index is 1310. The number of nitrogens with zero attached hydrogens (tertiary/aromatic N) is 4. The van der Waals surface area contributed by atoms with Crippen molar-refractivity contribution in [1.82, 2.24) is 19.6 Å². The number of benzene rings is 1. The number of carbonyl (C=O) groups is 3. The molecule has 12 nitrogen and oxygen atoms in total. The summed E-state index contributed by atoms with van der Waals surface area (Å²) in [5.74, 6) is -0.652. The molecule has 3 N–H and O–H groups in total. The Morgan fingerprint density at radius 1 is 1.32 bits per heavy atom. The number of alkyl halides is 1. The first-order chi connectivity index (χ1) is 18.4. The van der Waals surface area contributed by atoms with Gasteiger partial charge in [-0.05, 0) is 23.3 Å². The number of thioether (sulfide) groups is 1. The molecule has 2 aliphatic heterocycles. The SMILES string of the molecule is CO/N=C(\C(=O)N[C@@H]1C(=O)N2C(C(=O)OCc3ccc(OC)cc3)=C(/C=C/CI)CS[C@H]12)c1nsc(N)n1. The van der Waals surface area contributed by atoms with Crippen LogP contribution in [0.25, 0.3) is 0 Å². The molecule has 0 spiro atoms. The van der Waals surface area contributed by atoms with Crippen molar-refractivity contribution in [2.24, 2.45) is 5.16 Å². The standard InChI is InChI=1S/C23H23IN6O6S2/c1-34-14-7-5-12(6-8-14)10-36-22(33)17-13(4-3-9-24)11-37-21-16(20(32)30(17)21)26-19(31)15(28-35-2)18-27-23(25)38-29-18/h3-8,16,21H,9-11H2,1-2H3,(H,26,31)(H2,25,27,29)/b4-3+,28-15-/t16-,21-/m1/s1. The molecule has 1 aromatic heterocycles. The number of halogens is 1. The molecule has 15 heteroatoms. The van der Waals surface area contributed by atoms with Crippen molar-refractivity contribution in [3.8, 4) is 5.75 Å². The number of anilines is 1. The second-order valence-electron chi connectivity index (χ2n) is 7.79. The summed E-state index contributed by atoms with van der Waals surface area (Å²) >= 11 is 4.52. The predicted molar refractivity (Wildman–Crippen MR) is 151 cm³/mol. The Labute approximate surface area is 240 Å². The van der Waals surface area contributed by atoms with Gasteiger partial charge in [-0.3, -0.25) is 14.5 Å². The van der Waals surface area contributed by atoms with E-state index in [2.05, 4.69) is 42.4 Å². The lowest BCUT2D eigenvalue weighted by Crippen LogP contribution is -2.71. The van der Waals surface area contributed by atoms with Gasteiger partial charge in [0.2, 0.25) is 11.5 Å². The number of allylic oxidation sites excluding steroid dienone is 2. The van der Waals surface area contributed by atoms with Gasteiger partial charge in [0, 0.05) is 21.7 Å². The van der Waals surface area contributed by atoms with Crippen molar-refractivity contribution >= 4 is 74.5 Å². The van der Waals surface area contributed by atoms with Gasteiger partial charge in [-0.1, -0.05) is 52.0 Å². The Morgan fingerprint density at radius 3 is 2.71 bits per heavy atom. The van der Waals surface area contributed by atoms with Crippen molar-refractivity contribution in [1.29, 1.82) is 0 Å². The smallest absolute Gasteiger partial charge is 0.355 e. The molecular formula is C23H23IN6O6S2. The summed E-state index contributed by atoms with van der Waals surface area (Å²) in [7, 11) is 2.84. The average Bonchev–Trinajstić information content (AvgIpc) is 3.37. The number of ether oxygens (including phenoxy) is 2. The topological polar surface area (TPSA) is 158 Å². The quantitative estimate of drug-likeness (QED) is 0.0955. The number of hydrogen-bond acceptors (Lipinski definition) is 12. The zero-order valence-corrected chi connectivity index (χ0v) is 24.0. The molecule has 1 fully saturated rings. The van der Waals surface area contributed by atoms with Crippen LogP contribution in [0.1, 0.15) is 11.4 Å². The highest BCUT2D eigenvalue weighted by Crippen LogP contribution is 2.41. The maximum atomic E-state index is 13.2. The van der Waals surface area contributed by atoms with Gasteiger partial charge in [0.25, 0.3) is 11.8 Å². The fraction of sp³-hybridized carbons (Fsp3) is 0.304. The summed E-state index contributed by atoms with van der Waals surface area (Å²) < 4.78 is 15.4. The molecule has 0 saturated carbocycles. The number of oxime groups is 1. The van der Waals surface area contributed by atoms with Crippen molar-refractivity contribution < 1.29 is 28.7 Å². The highest BCUT2D eigenvalue weighted by atomic mass is 127. The Balaban J connectivity index is 1.50. The summed E-state index contributed by atoms with van der Waals surface area (Å²) in [6, 6.07) is 6.23. The minimum Gasteiger partial charge on any atom is -0.497 e. The van der Waals surface area contributed by atoms with E-state index in [0.29, 0.717) is 17.1 Å². The monoisotopic (exact) mass is 670 g/mol. The van der Waals surface area contributed by atoms with E-state index in [1.165, 1.54) is 23.8 Å². The van der Waals surface area contributed by atoms with Crippen molar-refractivity contribution in [2.45, 2.75) is 18.0 Å². The molecule has 38 heavy (non-hydrogen) atoms. The van der Waals surface area contributed by atoms with Gasteiger partial charge in [0.15, 0.2) is 5.13 Å². The number of nitrogens with two attached hydrogens (primary N) is 1. The first-order valence-electron chi connectivity index (χ1n) is 11.1. The van der Waals surface area contributed by atoms with Gasteiger partial charge in [0.05, 0.1) is 7.11 Å². The van der Waals surface area contributed by atoms with Crippen LogP contribution in [0, 0.1) is 0 Å². The number of aromatic nitrogens is 2. The minimum absolute atomic E-state index is 0.0132. The molecule has 200 valence electrons. The fourth-order valence-electron chi connectivity index (χ4n) is 3.70. The maximum Gasteiger partial charge on any atom is 0.355 e. The second kappa shape index (κ2) is 12.6. The molecule has 2 aromatic rings. The van der Waals surface area contributed by atoms with Gasteiger partial charge >= 0.3 is 5.97 Å². The molecule has 1 aromatic carbocycles. The van der Waals surface area contributed by atoms with Crippen molar-refractivity contribution in [2.75, 3.05) is 30.1 Å². The summed E-state index contributed by atoms with van der Waals surface area (Å²) in [6.45, 7) is 0.0240. The summed E-state index contributed by atoms with van der Waals surface area (Å²) in [6.07, 6.45) is 3.72. The number of β-lactam (4-membered cyclic amide) rings is 1. The summed E-state index contributed by atoms with van der Waals surface area (Å²) in [4.78, 5) is 49.5. The summed E-state index contributed by atoms with van der Waals surface area (Å²) in [5, 5.41) is 6.00. The van der Waals surface area contributed by atoms with Crippen molar-refractivity contribution in [3.05, 3.63) is 59.1 Å². The van der Waals surface area contributed by atoms with Gasteiger partial charge in [0.1, 0.15) is 36.6 Å². The number of fused-ring (bicyclic) bond motifs is 1. The number of hydrogen-bond donors (Lipinski definition) is 2. The largest absolute Gasteiger partial charge is 0.497 e. The Kier molecular flexibility index (Phi) is 9.22. The zero-order valence-electron chi connectivity index (χ0n) is 20.3. The van der Waals surface area contributed by atoms with Gasteiger partial charge < -0.3 is 25.4 Å². The molecule has 3 heterocycles. The normalized spacial score (nSPS) is 19.2. The number of esters is 1. The van der Waals surface area contributed by atoms with Crippen LogP contribution in [0.4, 0.5) is 5.13 Å². The van der Waals surface area contributed by atoms with E-state index >= 15 is 0 Å². The number of rotatable bonds is 10. The lowest BCUT2D eigenvalue weighted by atomic mass is 10.0. The number of carbonyl (C=O) groups excluding carboxylic acids is 3. The molecule has 4 rings (SSSR count). The third-order valence-corrected chi connectivity index (χ3v) is 7.82. The van der Waals surface area contributed by atoms with Crippen LogP contribution < -0.4 is 15.8 Å². The lowest BCUT2D eigenvalue weighted by Gasteiger charge is -2.49. The fourth-order valence-corrected chi connectivity index (χ4v) is 5.71.